The summed E-state index contributed by atoms with van der Waals surface area (Å²) in [4.78, 5) is 0. The topological polar surface area (TPSA) is 0 Å². The lowest BCUT2D eigenvalue weighted by atomic mass is 9.83. The van der Waals surface area contributed by atoms with Crippen molar-refractivity contribution in [2.75, 3.05) is 0 Å². The Kier molecular flexibility index (Phi) is 6.95. The van der Waals surface area contributed by atoms with Gasteiger partial charge in [-0.2, -0.15) is 0 Å². The van der Waals surface area contributed by atoms with Crippen molar-refractivity contribution >= 4 is 28.2 Å². The summed E-state index contributed by atoms with van der Waals surface area (Å²) in [6.45, 7) is 8.86. The highest BCUT2D eigenvalue weighted by Gasteiger charge is 2.19. The molecule has 0 heterocycles. The van der Waals surface area contributed by atoms with Gasteiger partial charge in [0.15, 0.2) is 0 Å². The van der Waals surface area contributed by atoms with E-state index in [9.17, 15) is 0 Å². The first-order chi connectivity index (χ1) is 15.5. The largest absolute Gasteiger partial charge is 0.0641 e. The maximum Gasteiger partial charge on any atom is 0.0278 e. The Bertz CT molecular complexity index is 1190. The van der Waals surface area contributed by atoms with Gasteiger partial charge in [0.1, 0.15) is 0 Å². The second kappa shape index (κ2) is 9.87. The molecule has 0 radical (unpaired) electrons. The lowest BCUT2D eigenvalue weighted by molar-refractivity contribution is 1.03. The standard InChI is InChI=1S/C31H29I/c1-21-15-17-27(18-16-21)29(30-22(2)19-23(3)31(32)24(30)4)20-28(25-11-7-5-8-12-25)26-13-9-6-10-14-26/h5-20,28H,1-4H3/b29-20+. The Balaban J connectivity index is 2.01. The van der Waals surface area contributed by atoms with Crippen LogP contribution in [0.1, 0.15) is 50.4 Å². The summed E-state index contributed by atoms with van der Waals surface area (Å²) in [5, 5.41) is 0. The average molecular weight is 528 g/mol. The van der Waals surface area contributed by atoms with Crippen molar-refractivity contribution in [2.45, 2.75) is 33.6 Å². The van der Waals surface area contributed by atoms with Gasteiger partial charge in [-0.1, -0.05) is 103 Å². The first kappa shape index (κ1) is 22.5. The molecule has 4 aromatic carbocycles. The van der Waals surface area contributed by atoms with Crippen molar-refractivity contribution in [1.82, 2.24) is 0 Å². The van der Waals surface area contributed by atoms with E-state index in [2.05, 4.69) is 147 Å². The molecule has 160 valence electrons. The van der Waals surface area contributed by atoms with Crippen LogP contribution >= 0.6 is 22.6 Å². The molecule has 0 saturated heterocycles. The van der Waals surface area contributed by atoms with E-state index in [1.807, 2.05) is 0 Å². The van der Waals surface area contributed by atoms with Gasteiger partial charge in [0.2, 0.25) is 0 Å². The third-order valence-electron chi connectivity index (χ3n) is 6.16. The molecule has 0 fully saturated rings. The van der Waals surface area contributed by atoms with Crippen molar-refractivity contribution in [2.24, 2.45) is 0 Å². The van der Waals surface area contributed by atoms with E-state index in [-0.39, 0.29) is 5.92 Å². The summed E-state index contributed by atoms with van der Waals surface area (Å²) in [6.07, 6.45) is 2.47. The number of hydrogen-bond acceptors (Lipinski definition) is 0. The Hall–Kier alpha value is -2.65. The molecular formula is C31H29I. The zero-order valence-corrected chi connectivity index (χ0v) is 21.4. The number of benzene rings is 4. The van der Waals surface area contributed by atoms with Gasteiger partial charge in [-0.25, -0.2) is 0 Å². The summed E-state index contributed by atoms with van der Waals surface area (Å²) >= 11 is 2.50. The highest BCUT2D eigenvalue weighted by Crippen LogP contribution is 2.37. The van der Waals surface area contributed by atoms with Crippen LogP contribution < -0.4 is 0 Å². The minimum absolute atomic E-state index is 0.173. The lowest BCUT2D eigenvalue weighted by Gasteiger charge is -2.21. The van der Waals surface area contributed by atoms with Gasteiger partial charge in [0.05, 0.1) is 0 Å². The summed E-state index contributed by atoms with van der Waals surface area (Å²) in [5.41, 5.74) is 11.8. The fourth-order valence-corrected chi connectivity index (χ4v) is 4.93. The molecule has 4 aromatic rings. The SMILES string of the molecule is Cc1ccc(/C(=C\C(c2ccccc2)c2ccccc2)c2c(C)cc(C)c(I)c2C)cc1. The summed E-state index contributed by atoms with van der Waals surface area (Å²) in [5.74, 6) is 0.173. The van der Waals surface area contributed by atoms with E-state index in [0.717, 1.165) is 0 Å². The highest BCUT2D eigenvalue weighted by molar-refractivity contribution is 14.1. The molecule has 0 saturated carbocycles. The van der Waals surface area contributed by atoms with Gasteiger partial charge >= 0.3 is 0 Å². The van der Waals surface area contributed by atoms with Crippen molar-refractivity contribution in [3.63, 3.8) is 0 Å². The Morgan fingerprint density at radius 1 is 0.688 bits per heavy atom. The number of hydrogen-bond donors (Lipinski definition) is 0. The molecule has 0 aliphatic carbocycles. The molecule has 0 unspecified atom stereocenters. The van der Waals surface area contributed by atoms with Crippen molar-refractivity contribution in [3.05, 3.63) is 145 Å². The fraction of sp³-hybridized carbons (Fsp3) is 0.161. The van der Waals surface area contributed by atoms with Crippen LogP contribution in [0.3, 0.4) is 0 Å². The first-order valence-electron chi connectivity index (χ1n) is 11.1. The Labute approximate surface area is 206 Å². The Morgan fingerprint density at radius 2 is 1.22 bits per heavy atom. The molecule has 0 nitrogen and oxygen atoms in total. The van der Waals surface area contributed by atoms with Crippen LogP contribution in [0.2, 0.25) is 0 Å². The van der Waals surface area contributed by atoms with Gasteiger partial charge in [-0.15, -0.1) is 0 Å². The fourth-order valence-electron chi connectivity index (χ4n) is 4.51. The highest BCUT2D eigenvalue weighted by atomic mass is 127. The molecule has 4 rings (SSSR count). The molecule has 0 N–H and O–H groups in total. The first-order valence-corrected chi connectivity index (χ1v) is 12.2. The normalized spacial score (nSPS) is 11.8. The van der Waals surface area contributed by atoms with E-state index in [4.69, 9.17) is 0 Å². The molecule has 32 heavy (non-hydrogen) atoms. The van der Waals surface area contributed by atoms with Crippen LogP contribution in [-0.4, -0.2) is 0 Å². The molecule has 0 atom stereocenters. The quantitative estimate of drug-likeness (QED) is 0.227. The summed E-state index contributed by atoms with van der Waals surface area (Å²) in [7, 11) is 0. The molecule has 1 heteroatoms. The van der Waals surface area contributed by atoms with E-state index in [1.165, 1.54) is 53.7 Å². The van der Waals surface area contributed by atoms with Crippen LogP contribution in [-0.2, 0) is 0 Å². The smallest absolute Gasteiger partial charge is 0.0278 e. The van der Waals surface area contributed by atoms with E-state index in [1.54, 1.807) is 0 Å². The predicted molar refractivity (Wildman–Crippen MR) is 146 cm³/mol. The molecule has 0 aromatic heterocycles. The van der Waals surface area contributed by atoms with Crippen LogP contribution in [0, 0.1) is 31.3 Å². The van der Waals surface area contributed by atoms with Crippen LogP contribution in [0.4, 0.5) is 0 Å². The molecule has 0 bridgehead atoms. The monoisotopic (exact) mass is 528 g/mol. The maximum atomic E-state index is 2.50. The minimum Gasteiger partial charge on any atom is -0.0641 e. The van der Waals surface area contributed by atoms with Crippen molar-refractivity contribution in [3.8, 4) is 0 Å². The summed E-state index contributed by atoms with van der Waals surface area (Å²) < 4.78 is 1.34. The number of halogens is 1. The number of rotatable bonds is 5. The van der Waals surface area contributed by atoms with Crippen molar-refractivity contribution in [1.29, 1.82) is 0 Å². The number of aryl methyl sites for hydroxylation is 3. The third-order valence-corrected chi connectivity index (χ3v) is 7.82. The van der Waals surface area contributed by atoms with Crippen molar-refractivity contribution < 1.29 is 0 Å². The van der Waals surface area contributed by atoms with Gasteiger partial charge in [-0.3, -0.25) is 0 Å². The van der Waals surface area contributed by atoms with Gasteiger partial charge < -0.3 is 0 Å². The van der Waals surface area contributed by atoms with Crippen LogP contribution in [0.25, 0.3) is 5.57 Å². The minimum atomic E-state index is 0.173. The summed E-state index contributed by atoms with van der Waals surface area (Å²) in [6, 6.07) is 32.9. The zero-order chi connectivity index (χ0) is 22.7. The third kappa shape index (κ3) is 4.73. The maximum absolute atomic E-state index is 2.50. The Morgan fingerprint density at radius 3 is 1.75 bits per heavy atom. The second-order valence-corrected chi connectivity index (χ2v) is 9.65. The van der Waals surface area contributed by atoms with E-state index >= 15 is 0 Å². The van der Waals surface area contributed by atoms with Gasteiger partial charge in [0.25, 0.3) is 0 Å². The van der Waals surface area contributed by atoms with Crippen LogP contribution in [0.15, 0.2) is 97.1 Å². The molecule has 0 aliphatic heterocycles. The van der Waals surface area contributed by atoms with Gasteiger partial charge in [-0.05, 0) is 94.8 Å². The predicted octanol–water partition coefficient (Wildman–Crippen LogP) is 8.79. The lowest BCUT2D eigenvalue weighted by Crippen LogP contribution is -2.04. The van der Waals surface area contributed by atoms with E-state index in [0.29, 0.717) is 0 Å². The van der Waals surface area contributed by atoms with Gasteiger partial charge in [0, 0.05) is 9.49 Å². The molecular weight excluding hydrogens is 499 g/mol. The average Bonchev–Trinajstić information content (AvgIpc) is 2.81. The zero-order valence-electron chi connectivity index (χ0n) is 19.2. The number of allylic oxidation sites excluding steroid dienone is 1. The molecule has 0 aliphatic rings. The van der Waals surface area contributed by atoms with Crippen LogP contribution in [0.5, 0.6) is 0 Å². The molecule has 0 amide bonds. The van der Waals surface area contributed by atoms with E-state index < -0.39 is 0 Å². The molecule has 0 spiro atoms. The second-order valence-electron chi connectivity index (χ2n) is 8.57.